The molecule has 0 heterocycles. The van der Waals surface area contributed by atoms with E-state index in [1.54, 1.807) is 6.92 Å². The van der Waals surface area contributed by atoms with Crippen molar-refractivity contribution in [1.29, 1.82) is 0 Å². The maximum Gasteiger partial charge on any atom is 0.319 e. The average Bonchev–Trinajstić information content (AvgIpc) is 2.04. The van der Waals surface area contributed by atoms with Gasteiger partial charge in [0.15, 0.2) is 0 Å². The van der Waals surface area contributed by atoms with Gasteiger partial charge in [0.1, 0.15) is 0 Å². The van der Waals surface area contributed by atoms with Gasteiger partial charge in [-0.2, -0.15) is 0 Å². The van der Waals surface area contributed by atoms with Gasteiger partial charge in [0.2, 0.25) is 0 Å². The zero-order valence-corrected chi connectivity index (χ0v) is 10.9. The van der Waals surface area contributed by atoms with Crippen LogP contribution in [0.4, 0.5) is 0 Å². The molecule has 3 heteroatoms. The number of carbonyl (C=O) groups excluding carboxylic acids is 1. The van der Waals surface area contributed by atoms with Crippen molar-refractivity contribution in [1.82, 2.24) is 0 Å². The molecular formula is C11H22O2Si. The Kier molecular flexibility index (Phi) is 5.77. The summed E-state index contributed by atoms with van der Waals surface area (Å²) in [6.07, 6.45) is 2.18. The fourth-order valence-electron chi connectivity index (χ4n) is 1.60. The van der Waals surface area contributed by atoms with Crippen LogP contribution in [0.5, 0.6) is 0 Å². The summed E-state index contributed by atoms with van der Waals surface area (Å²) >= 11 is 0. The first-order valence-electron chi connectivity index (χ1n) is 5.34. The molecule has 0 aliphatic heterocycles. The van der Waals surface area contributed by atoms with Crippen LogP contribution in [0, 0.1) is 0 Å². The first kappa shape index (κ1) is 13.4. The molecule has 0 aromatic rings. The van der Waals surface area contributed by atoms with Crippen molar-refractivity contribution >= 4 is 14.3 Å². The monoisotopic (exact) mass is 214 g/mol. The molecule has 0 unspecified atom stereocenters. The van der Waals surface area contributed by atoms with Crippen LogP contribution in [0.25, 0.3) is 0 Å². The van der Waals surface area contributed by atoms with Crippen molar-refractivity contribution in [3.63, 3.8) is 0 Å². The Labute approximate surface area is 88.5 Å². The lowest BCUT2D eigenvalue weighted by Gasteiger charge is -2.26. The lowest BCUT2D eigenvalue weighted by atomic mass is 10.4. The average molecular weight is 214 g/mol. The maximum absolute atomic E-state index is 11.4. The second-order valence-corrected chi connectivity index (χ2v) is 8.22. The molecule has 0 aliphatic carbocycles. The van der Waals surface area contributed by atoms with Crippen LogP contribution in [0.15, 0.2) is 12.2 Å². The topological polar surface area (TPSA) is 26.3 Å². The Morgan fingerprint density at radius 1 is 1.29 bits per heavy atom. The van der Waals surface area contributed by atoms with Gasteiger partial charge >= 0.3 is 5.97 Å². The summed E-state index contributed by atoms with van der Waals surface area (Å²) < 4.78 is 5.58. The molecule has 0 saturated carbocycles. The lowest BCUT2D eigenvalue weighted by Crippen LogP contribution is -2.36. The number of hydrogen-bond donors (Lipinski definition) is 0. The maximum atomic E-state index is 11.4. The van der Waals surface area contributed by atoms with Gasteiger partial charge in [-0.1, -0.05) is 33.3 Å². The van der Waals surface area contributed by atoms with E-state index in [0.29, 0.717) is 5.57 Å². The molecule has 0 aliphatic rings. The Morgan fingerprint density at radius 3 is 2.00 bits per heavy atom. The van der Waals surface area contributed by atoms with Crippen LogP contribution in [-0.2, 0) is 9.22 Å². The molecular weight excluding hydrogens is 192 g/mol. The van der Waals surface area contributed by atoms with Crippen molar-refractivity contribution < 1.29 is 9.22 Å². The molecule has 0 radical (unpaired) electrons. The van der Waals surface area contributed by atoms with Crippen LogP contribution >= 0.6 is 0 Å². The third kappa shape index (κ3) is 4.60. The first-order chi connectivity index (χ1) is 6.45. The number of rotatable bonds is 6. The molecule has 0 spiro atoms. The van der Waals surface area contributed by atoms with Gasteiger partial charge in [-0.25, -0.2) is 4.79 Å². The lowest BCUT2D eigenvalue weighted by molar-refractivity contribution is -0.130. The molecule has 0 N–H and O–H groups in total. The van der Waals surface area contributed by atoms with Gasteiger partial charge in [-0.15, -0.1) is 0 Å². The second kappa shape index (κ2) is 6.01. The highest BCUT2D eigenvalue weighted by molar-refractivity contribution is 6.74. The summed E-state index contributed by atoms with van der Waals surface area (Å²) in [6.45, 7) is 11.7. The fraction of sp³-hybridized carbons (Fsp3) is 0.727. The highest BCUT2D eigenvalue weighted by Crippen LogP contribution is 2.22. The fourth-order valence-corrected chi connectivity index (χ4v) is 4.79. The Hall–Kier alpha value is -0.573. The van der Waals surface area contributed by atoms with Crippen LogP contribution < -0.4 is 0 Å². The Balaban J connectivity index is 4.35. The van der Waals surface area contributed by atoms with Crippen molar-refractivity contribution in [2.24, 2.45) is 0 Å². The van der Waals surface area contributed by atoms with E-state index >= 15 is 0 Å². The minimum Gasteiger partial charge on any atom is -0.516 e. The minimum absolute atomic E-state index is 0.207. The zero-order valence-electron chi connectivity index (χ0n) is 9.85. The minimum atomic E-state index is -1.79. The normalized spacial score (nSPS) is 11.1. The van der Waals surface area contributed by atoms with Crippen LogP contribution in [0.3, 0.4) is 0 Å². The molecule has 0 bridgehead atoms. The van der Waals surface area contributed by atoms with E-state index in [-0.39, 0.29) is 5.97 Å². The zero-order chi connectivity index (χ0) is 11.2. The van der Waals surface area contributed by atoms with Crippen LogP contribution in [0.1, 0.15) is 33.6 Å². The van der Waals surface area contributed by atoms with Gasteiger partial charge in [-0.3, -0.25) is 0 Å². The summed E-state index contributed by atoms with van der Waals surface area (Å²) in [6, 6.07) is 2.11. The smallest absolute Gasteiger partial charge is 0.319 e. The van der Waals surface area contributed by atoms with E-state index in [9.17, 15) is 4.79 Å². The second-order valence-electron chi connectivity index (χ2n) is 4.12. The molecule has 0 saturated heterocycles. The molecule has 0 rings (SSSR count). The van der Waals surface area contributed by atoms with Gasteiger partial charge in [0, 0.05) is 5.57 Å². The molecule has 14 heavy (non-hydrogen) atoms. The molecule has 82 valence electrons. The third-order valence-electron chi connectivity index (χ3n) is 2.25. The summed E-state index contributed by atoms with van der Waals surface area (Å²) in [4.78, 5) is 11.4. The summed E-state index contributed by atoms with van der Waals surface area (Å²) in [7, 11) is -1.79. The van der Waals surface area contributed by atoms with Gasteiger partial charge in [0.05, 0.1) is 0 Å². The van der Waals surface area contributed by atoms with E-state index in [1.807, 2.05) is 0 Å². The first-order valence-corrected chi connectivity index (χ1v) is 8.16. The van der Waals surface area contributed by atoms with Gasteiger partial charge in [0.25, 0.3) is 8.32 Å². The van der Waals surface area contributed by atoms with E-state index in [4.69, 9.17) is 4.43 Å². The molecule has 0 amide bonds. The van der Waals surface area contributed by atoms with Gasteiger partial charge in [-0.05, 0) is 25.6 Å². The van der Waals surface area contributed by atoms with E-state index in [1.165, 1.54) is 0 Å². The summed E-state index contributed by atoms with van der Waals surface area (Å²) in [5.41, 5.74) is 0.510. The Morgan fingerprint density at radius 2 is 1.71 bits per heavy atom. The molecule has 0 atom stereocenters. The van der Waals surface area contributed by atoms with E-state index in [2.05, 4.69) is 27.0 Å². The third-order valence-corrected chi connectivity index (χ3v) is 6.04. The molecule has 0 aromatic heterocycles. The largest absolute Gasteiger partial charge is 0.516 e. The highest BCUT2D eigenvalue weighted by Gasteiger charge is 2.30. The number of carbonyl (C=O) groups is 1. The van der Waals surface area contributed by atoms with Crippen molar-refractivity contribution in [2.45, 2.75) is 52.2 Å². The summed E-state index contributed by atoms with van der Waals surface area (Å²) in [5.74, 6) is -0.207. The quantitative estimate of drug-likeness (QED) is 0.499. The van der Waals surface area contributed by atoms with Gasteiger partial charge < -0.3 is 4.43 Å². The van der Waals surface area contributed by atoms with Crippen molar-refractivity contribution in [2.75, 3.05) is 0 Å². The molecule has 2 nitrogen and oxygen atoms in total. The highest BCUT2D eigenvalue weighted by atomic mass is 28.4. The predicted molar refractivity (Wildman–Crippen MR) is 62.7 cm³/mol. The standard InChI is InChI=1S/C11H22O2Si/c1-6-8-14(5,9-7-2)13-11(12)10(3)4/h3,6-9H2,1-2,4-5H3. The number of hydrogen-bond acceptors (Lipinski definition) is 2. The van der Waals surface area contributed by atoms with Crippen LogP contribution in [0.2, 0.25) is 18.6 Å². The van der Waals surface area contributed by atoms with Crippen LogP contribution in [-0.4, -0.2) is 14.3 Å². The van der Waals surface area contributed by atoms with Crippen molar-refractivity contribution in [3.8, 4) is 0 Å². The van der Waals surface area contributed by atoms with Crippen molar-refractivity contribution in [3.05, 3.63) is 12.2 Å². The molecule has 0 fully saturated rings. The Bertz CT molecular complexity index is 205. The van der Waals surface area contributed by atoms with E-state index < -0.39 is 8.32 Å². The predicted octanol–water partition coefficient (Wildman–Crippen LogP) is 3.50. The molecule has 0 aromatic carbocycles. The van der Waals surface area contributed by atoms with E-state index in [0.717, 1.165) is 24.9 Å². The summed E-state index contributed by atoms with van der Waals surface area (Å²) in [5, 5.41) is 0. The SMILES string of the molecule is C=C(C)C(=O)O[Si](C)(CCC)CCC.